The number of nitrogens with zero attached hydrogens (tertiary/aromatic N) is 2. The quantitative estimate of drug-likeness (QED) is 0.725. The Bertz CT molecular complexity index is 787. The van der Waals surface area contributed by atoms with Gasteiger partial charge in [-0.1, -0.05) is 53.5 Å². The number of anilines is 2. The average molecular weight is 304 g/mol. The second-order valence-electron chi connectivity index (χ2n) is 4.47. The Kier molecular flexibility index (Phi) is 3.47. The third kappa shape index (κ3) is 2.42. The summed E-state index contributed by atoms with van der Waals surface area (Å²) in [7, 11) is 0. The molecule has 0 fully saturated rings. The Balaban J connectivity index is 2.06. The molecule has 1 N–H and O–H groups in total. The summed E-state index contributed by atoms with van der Waals surface area (Å²) < 4.78 is 0. The van der Waals surface area contributed by atoms with Crippen molar-refractivity contribution in [2.24, 2.45) is 0 Å². The van der Waals surface area contributed by atoms with Gasteiger partial charge in [-0.15, -0.1) is 10.2 Å². The molecule has 0 radical (unpaired) electrons. The first-order chi connectivity index (χ1) is 9.65. The van der Waals surface area contributed by atoms with Gasteiger partial charge in [0.2, 0.25) is 0 Å². The summed E-state index contributed by atoms with van der Waals surface area (Å²) in [6.45, 7) is 1.96. The van der Waals surface area contributed by atoms with Gasteiger partial charge in [-0.25, -0.2) is 0 Å². The lowest BCUT2D eigenvalue weighted by Crippen LogP contribution is -1.97. The molecule has 0 atom stereocenters. The van der Waals surface area contributed by atoms with Crippen molar-refractivity contribution in [3.05, 3.63) is 58.2 Å². The molecule has 1 aromatic heterocycles. The number of halogens is 2. The van der Waals surface area contributed by atoms with E-state index in [0.717, 1.165) is 22.0 Å². The Hall–Kier alpha value is -1.84. The number of aromatic nitrogens is 2. The summed E-state index contributed by atoms with van der Waals surface area (Å²) in [5.41, 5.74) is 1.90. The number of hydrogen-bond acceptors (Lipinski definition) is 3. The molecule has 0 aliphatic heterocycles. The smallest absolute Gasteiger partial charge is 0.161 e. The van der Waals surface area contributed by atoms with E-state index in [2.05, 4.69) is 15.5 Å². The molecule has 3 aromatic rings. The zero-order valence-electron chi connectivity index (χ0n) is 10.7. The number of hydrogen-bond donors (Lipinski definition) is 1. The summed E-state index contributed by atoms with van der Waals surface area (Å²) in [5.74, 6) is 0.657. The Morgan fingerprint density at radius 1 is 0.950 bits per heavy atom. The van der Waals surface area contributed by atoms with E-state index < -0.39 is 0 Å². The van der Waals surface area contributed by atoms with E-state index in [1.54, 1.807) is 0 Å². The van der Waals surface area contributed by atoms with Crippen LogP contribution in [0.15, 0.2) is 42.5 Å². The molecule has 5 heteroatoms. The molecule has 1 heterocycles. The summed E-state index contributed by atoms with van der Waals surface area (Å²) in [6, 6.07) is 13.5. The first kappa shape index (κ1) is 13.2. The van der Waals surface area contributed by atoms with Gasteiger partial charge in [0, 0.05) is 21.5 Å². The highest BCUT2D eigenvalue weighted by Crippen LogP contribution is 2.29. The molecule has 20 heavy (non-hydrogen) atoms. The van der Waals surface area contributed by atoms with Gasteiger partial charge in [0.15, 0.2) is 11.0 Å². The minimum Gasteiger partial charge on any atom is -0.338 e. The van der Waals surface area contributed by atoms with Crippen LogP contribution < -0.4 is 5.32 Å². The minimum atomic E-state index is 0.396. The molecule has 0 saturated heterocycles. The molecule has 100 valence electrons. The predicted octanol–water partition coefficient (Wildman–Crippen LogP) is 4.99. The highest BCUT2D eigenvalue weighted by Gasteiger charge is 2.08. The van der Waals surface area contributed by atoms with E-state index in [4.69, 9.17) is 23.2 Å². The van der Waals surface area contributed by atoms with Gasteiger partial charge in [-0.05, 0) is 24.6 Å². The molecule has 2 aromatic carbocycles. The fourth-order valence-corrected chi connectivity index (χ4v) is 2.35. The molecule has 0 spiro atoms. The molecule has 3 nitrogen and oxygen atoms in total. The Labute approximate surface area is 126 Å². The van der Waals surface area contributed by atoms with Crippen LogP contribution in [-0.2, 0) is 0 Å². The van der Waals surface area contributed by atoms with Crippen LogP contribution in [0.25, 0.3) is 10.8 Å². The van der Waals surface area contributed by atoms with E-state index in [9.17, 15) is 0 Å². The van der Waals surface area contributed by atoms with Gasteiger partial charge >= 0.3 is 0 Å². The lowest BCUT2D eigenvalue weighted by atomic mass is 10.2. The van der Waals surface area contributed by atoms with Gasteiger partial charge in [-0.2, -0.15) is 0 Å². The fraction of sp³-hybridized carbons (Fsp3) is 0.0667. The highest BCUT2D eigenvalue weighted by molar-refractivity contribution is 6.34. The van der Waals surface area contributed by atoms with Crippen LogP contribution in [0.5, 0.6) is 0 Å². The highest BCUT2D eigenvalue weighted by atomic mass is 35.5. The zero-order valence-corrected chi connectivity index (χ0v) is 12.2. The second kappa shape index (κ2) is 5.27. The fourth-order valence-electron chi connectivity index (χ4n) is 1.97. The van der Waals surface area contributed by atoms with Gasteiger partial charge in [0.1, 0.15) is 0 Å². The van der Waals surface area contributed by atoms with Crippen molar-refractivity contribution < 1.29 is 0 Å². The average Bonchev–Trinajstić information content (AvgIpc) is 2.46. The number of nitrogens with one attached hydrogen (secondary N) is 1. The first-order valence-electron chi connectivity index (χ1n) is 6.09. The van der Waals surface area contributed by atoms with Crippen LogP contribution in [0.2, 0.25) is 10.2 Å². The van der Waals surface area contributed by atoms with Crippen LogP contribution in [0.1, 0.15) is 5.56 Å². The third-order valence-electron chi connectivity index (χ3n) is 3.08. The standard InChI is InChI=1S/C15H11Cl2N3/c1-9-6-7-10(8-13(9)16)18-15-12-5-3-2-4-11(12)14(17)19-20-15/h2-8H,1H3,(H,18,20). The van der Waals surface area contributed by atoms with Gasteiger partial charge in [-0.3, -0.25) is 0 Å². The minimum absolute atomic E-state index is 0.396. The SMILES string of the molecule is Cc1ccc(Nc2nnc(Cl)c3ccccc23)cc1Cl. The molecule has 0 bridgehead atoms. The maximum atomic E-state index is 6.13. The Morgan fingerprint density at radius 2 is 1.70 bits per heavy atom. The van der Waals surface area contributed by atoms with Crippen molar-refractivity contribution >= 4 is 45.5 Å². The van der Waals surface area contributed by atoms with Crippen molar-refractivity contribution in [2.45, 2.75) is 6.92 Å². The molecule has 0 aliphatic carbocycles. The molecular weight excluding hydrogens is 293 g/mol. The van der Waals surface area contributed by atoms with Crippen molar-refractivity contribution in [3.8, 4) is 0 Å². The molecule has 0 saturated carbocycles. The summed E-state index contributed by atoms with van der Waals surface area (Å²) >= 11 is 12.2. The maximum absolute atomic E-state index is 6.13. The molecule has 0 unspecified atom stereocenters. The number of rotatable bonds is 2. The van der Waals surface area contributed by atoms with Crippen LogP contribution >= 0.6 is 23.2 Å². The monoisotopic (exact) mass is 303 g/mol. The van der Waals surface area contributed by atoms with Crippen LogP contribution in [0.3, 0.4) is 0 Å². The Morgan fingerprint density at radius 3 is 2.45 bits per heavy atom. The van der Waals surface area contributed by atoms with Crippen LogP contribution in [0, 0.1) is 6.92 Å². The summed E-state index contributed by atoms with van der Waals surface area (Å²) in [4.78, 5) is 0. The largest absolute Gasteiger partial charge is 0.338 e. The summed E-state index contributed by atoms with van der Waals surface area (Å²) in [6.07, 6.45) is 0. The van der Waals surface area contributed by atoms with Crippen LogP contribution in [0.4, 0.5) is 11.5 Å². The third-order valence-corrected chi connectivity index (χ3v) is 3.76. The van der Waals surface area contributed by atoms with E-state index in [1.807, 2.05) is 49.4 Å². The molecule has 0 amide bonds. The molecule has 3 rings (SSSR count). The number of fused-ring (bicyclic) bond motifs is 1. The number of aryl methyl sites for hydroxylation is 1. The second-order valence-corrected chi connectivity index (χ2v) is 5.24. The van der Waals surface area contributed by atoms with Gasteiger partial charge in [0.25, 0.3) is 0 Å². The lowest BCUT2D eigenvalue weighted by Gasteiger charge is -2.09. The maximum Gasteiger partial charge on any atom is 0.161 e. The number of benzene rings is 2. The predicted molar refractivity (Wildman–Crippen MR) is 84.0 cm³/mol. The van der Waals surface area contributed by atoms with Crippen molar-refractivity contribution in [2.75, 3.05) is 5.32 Å². The molecular formula is C15H11Cl2N3. The lowest BCUT2D eigenvalue weighted by molar-refractivity contribution is 1.05. The topological polar surface area (TPSA) is 37.8 Å². The van der Waals surface area contributed by atoms with E-state index in [0.29, 0.717) is 16.0 Å². The van der Waals surface area contributed by atoms with Crippen LogP contribution in [-0.4, -0.2) is 10.2 Å². The van der Waals surface area contributed by atoms with Crippen molar-refractivity contribution in [3.63, 3.8) is 0 Å². The van der Waals surface area contributed by atoms with Crippen molar-refractivity contribution in [1.29, 1.82) is 0 Å². The zero-order chi connectivity index (χ0) is 14.1. The van der Waals surface area contributed by atoms with Gasteiger partial charge < -0.3 is 5.32 Å². The van der Waals surface area contributed by atoms with E-state index in [1.165, 1.54) is 0 Å². The molecule has 0 aliphatic rings. The summed E-state index contributed by atoms with van der Waals surface area (Å²) in [5, 5.41) is 14.2. The van der Waals surface area contributed by atoms with E-state index >= 15 is 0 Å². The first-order valence-corrected chi connectivity index (χ1v) is 6.85. The van der Waals surface area contributed by atoms with Crippen molar-refractivity contribution in [1.82, 2.24) is 10.2 Å². The normalized spacial score (nSPS) is 10.8. The van der Waals surface area contributed by atoms with Gasteiger partial charge in [0.05, 0.1) is 0 Å². The van der Waals surface area contributed by atoms with E-state index in [-0.39, 0.29) is 0 Å².